The zero-order valence-electron chi connectivity index (χ0n) is 12.4. The van der Waals surface area contributed by atoms with E-state index in [9.17, 15) is 14.7 Å². The maximum Gasteiger partial charge on any atom is 0.307 e. The van der Waals surface area contributed by atoms with E-state index in [1.54, 1.807) is 0 Å². The second-order valence-electron chi connectivity index (χ2n) is 6.53. The van der Waals surface area contributed by atoms with Crippen molar-refractivity contribution in [3.63, 3.8) is 0 Å². The summed E-state index contributed by atoms with van der Waals surface area (Å²) in [6, 6.07) is 5.92. The molecule has 1 aromatic carbocycles. The Kier molecular flexibility index (Phi) is 3.47. The molecule has 2 bridgehead atoms. The van der Waals surface area contributed by atoms with Crippen molar-refractivity contribution in [2.45, 2.75) is 33.1 Å². The summed E-state index contributed by atoms with van der Waals surface area (Å²) in [6.07, 6.45) is 2.83. The first-order chi connectivity index (χ1) is 9.97. The molecule has 112 valence electrons. The fraction of sp³-hybridized carbons (Fsp3) is 0.529. The van der Waals surface area contributed by atoms with Crippen molar-refractivity contribution in [1.82, 2.24) is 0 Å². The van der Waals surface area contributed by atoms with Gasteiger partial charge in [-0.25, -0.2) is 0 Å². The minimum Gasteiger partial charge on any atom is -0.481 e. The molecule has 0 spiro atoms. The van der Waals surface area contributed by atoms with Crippen LogP contribution in [0.5, 0.6) is 0 Å². The number of hydrogen-bond donors (Lipinski definition) is 2. The van der Waals surface area contributed by atoms with E-state index in [4.69, 9.17) is 0 Å². The van der Waals surface area contributed by atoms with E-state index in [0.29, 0.717) is 0 Å². The Morgan fingerprint density at radius 1 is 1.14 bits per heavy atom. The topological polar surface area (TPSA) is 66.4 Å². The molecule has 4 nitrogen and oxygen atoms in total. The van der Waals surface area contributed by atoms with Crippen LogP contribution in [0.4, 0.5) is 5.69 Å². The Morgan fingerprint density at radius 3 is 2.48 bits per heavy atom. The Labute approximate surface area is 124 Å². The van der Waals surface area contributed by atoms with E-state index in [1.807, 2.05) is 32.0 Å². The molecule has 4 unspecified atom stereocenters. The summed E-state index contributed by atoms with van der Waals surface area (Å²) in [7, 11) is 0. The van der Waals surface area contributed by atoms with Crippen molar-refractivity contribution in [2.75, 3.05) is 5.32 Å². The Morgan fingerprint density at radius 2 is 1.81 bits per heavy atom. The van der Waals surface area contributed by atoms with Gasteiger partial charge in [0, 0.05) is 5.69 Å². The lowest BCUT2D eigenvalue weighted by Gasteiger charge is -2.27. The van der Waals surface area contributed by atoms with Crippen molar-refractivity contribution in [1.29, 1.82) is 0 Å². The fourth-order valence-corrected chi connectivity index (χ4v) is 4.11. The van der Waals surface area contributed by atoms with Gasteiger partial charge in [-0.05, 0) is 62.1 Å². The van der Waals surface area contributed by atoms with Gasteiger partial charge in [0.1, 0.15) is 0 Å². The minimum absolute atomic E-state index is 0.122. The molecule has 2 aliphatic rings. The summed E-state index contributed by atoms with van der Waals surface area (Å²) >= 11 is 0. The Balaban J connectivity index is 1.81. The molecule has 2 saturated carbocycles. The zero-order valence-corrected chi connectivity index (χ0v) is 12.4. The molecule has 2 aliphatic carbocycles. The Bertz CT molecular complexity index is 596. The van der Waals surface area contributed by atoms with Gasteiger partial charge >= 0.3 is 5.97 Å². The van der Waals surface area contributed by atoms with Crippen molar-refractivity contribution in [3.05, 3.63) is 29.3 Å². The number of nitrogens with one attached hydrogen (secondary N) is 1. The molecule has 0 aromatic heterocycles. The highest BCUT2D eigenvalue weighted by molar-refractivity contribution is 5.96. The molecule has 3 rings (SSSR count). The van der Waals surface area contributed by atoms with Crippen LogP contribution in [-0.4, -0.2) is 17.0 Å². The third-order valence-corrected chi connectivity index (χ3v) is 5.16. The molecule has 21 heavy (non-hydrogen) atoms. The second-order valence-corrected chi connectivity index (χ2v) is 6.53. The van der Waals surface area contributed by atoms with Crippen LogP contribution in [0.3, 0.4) is 0 Å². The molecule has 1 aromatic rings. The number of fused-ring (bicyclic) bond motifs is 2. The predicted octanol–water partition coefficient (Wildman–Crippen LogP) is 2.99. The molecule has 4 atom stereocenters. The number of aryl methyl sites for hydroxylation is 2. The number of rotatable bonds is 3. The van der Waals surface area contributed by atoms with Crippen LogP contribution < -0.4 is 5.32 Å². The van der Waals surface area contributed by atoms with Crippen molar-refractivity contribution >= 4 is 17.6 Å². The summed E-state index contributed by atoms with van der Waals surface area (Å²) in [5.74, 6) is -1.40. The molecule has 1 amide bonds. The third kappa shape index (κ3) is 2.43. The highest BCUT2D eigenvalue weighted by Gasteiger charge is 2.53. The summed E-state index contributed by atoms with van der Waals surface area (Å²) in [4.78, 5) is 24.1. The van der Waals surface area contributed by atoms with E-state index in [0.717, 1.165) is 36.1 Å². The minimum atomic E-state index is -0.816. The van der Waals surface area contributed by atoms with Gasteiger partial charge in [0.05, 0.1) is 11.8 Å². The smallest absolute Gasteiger partial charge is 0.307 e. The standard InChI is InChI=1S/C17H21NO3/c1-9-3-4-10(2)13(7-9)18-16(19)14-11-5-6-12(8-11)15(14)17(20)21/h3-4,7,11-12,14-15H,5-6,8H2,1-2H3,(H,18,19)(H,20,21). The second kappa shape index (κ2) is 5.17. The van der Waals surface area contributed by atoms with Crippen molar-refractivity contribution < 1.29 is 14.7 Å². The van der Waals surface area contributed by atoms with Crippen LogP contribution in [0, 0.1) is 37.5 Å². The molecule has 0 radical (unpaired) electrons. The number of amides is 1. The number of anilines is 1. The van der Waals surface area contributed by atoms with Gasteiger partial charge < -0.3 is 10.4 Å². The monoisotopic (exact) mass is 287 g/mol. The number of carbonyl (C=O) groups excluding carboxylic acids is 1. The normalized spacial score (nSPS) is 30.4. The van der Waals surface area contributed by atoms with Crippen molar-refractivity contribution in [2.24, 2.45) is 23.7 Å². The molecule has 0 saturated heterocycles. The van der Waals surface area contributed by atoms with Crippen LogP contribution >= 0.6 is 0 Å². The summed E-state index contributed by atoms with van der Waals surface area (Å²) in [5, 5.41) is 12.4. The summed E-state index contributed by atoms with van der Waals surface area (Å²) < 4.78 is 0. The number of carboxylic acids is 1. The van der Waals surface area contributed by atoms with Crippen LogP contribution in [0.25, 0.3) is 0 Å². The molecular formula is C17H21NO3. The van der Waals surface area contributed by atoms with E-state index in [1.165, 1.54) is 0 Å². The molecular weight excluding hydrogens is 266 g/mol. The number of hydrogen-bond acceptors (Lipinski definition) is 2. The largest absolute Gasteiger partial charge is 0.481 e. The average Bonchev–Trinajstić information content (AvgIpc) is 3.03. The van der Waals surface area contributed by atoms with Crippen LogP contribution in [0.1, 0.15) is 30.4 Å². The lowest BCUT2D eigenvalue weighted by molar-refractivity contribution is -0.148. The van der Waals surface area contributed by atoms with Gasteiger partial charge in [-0.2, -0.15) is 0 Å². The highest BCUT2D eigenvalue weighted by atomic mass is 16.4. The molecule has 2 N–H and O–H groups in total. The van der Waals surface area contributed by atoms with E-state index >= 15 is 0 Å². The van der Waals surface area contributed by atoms with E-state index in [-0.39, 0.29) is 23.7 Å². The first-order valence-electron chi connectivity index (χ1n) is 7.58. The number of carboxylic acid groups (broad SMARTS) is 1. The number of benzene rings is 1. The maximum absolute atomic E-state index is 12.6. The number of aliphatic carboxylic acids is 1. The van der Waals surface area contributed by atoms with Gasteiger partial charge in [-0.3, -0.25) is 9.59 Å². The quantitative estimate of drug-likeness (QED) is 0.898. The van der Waals surface area contributed by atoms with Crippen LogP contribution in [0.2, 0.25) is 0 Å². The summed E-state index contributed by atoms with van der Waals surface area (Å²) in [6.45, 7) is 3.93. The summed E-state index contributed by atoms with van der Waals surface area (Å²) in [5.41, 5.74) is 2.88. The maximum atomic E-state index is 12.6. The van der Waals surface area contributed by atoms with E-state index < -0.39 is 11.9 Å². The molecule has 0 heterocycles. The van der Waals surface area contributed by atoms with Crippen molar-refractivity contribution in [3.8, 4) is 0 Å². The Hall–Kier alpha value is -1.84. The van der Waals surface area contributed by atoms with Crippen LogP contribution in [-0.2, 0) is 9.59 Å². The molecule has 2 fully saturated rings. The third-order valence-electron chi connectivity index (χ3n) is 5.16. The first-order valence-corrected chi connectivity index (χ1v) is 7.58. The lowest BCUT2D eigenvalue weighted by Crippen LogP contribution is -2.38. The highest BCUT2D eigenvalue weighted by Crippen LogP contribution is 2.52. The molecule has 0 aliphatic heterocycles. The van der Waals surface area contributed by atoms with Gasteiger partial charge in [-0.1, -0.05) is 12.1 Å². The molecule has 4 heteroatoms. The van der Waals surface area contributed by atoms with Gasteiger partial charge in [0.15, 0.2) is 0 Å². The first kappa shape index (κ1) is 14.1. The van der Waals surface area contributed by atoms with Gasteiger partial charge in [0.25, 0.3) is 0 Å². The van der Waals surface area contributed by atoms with Gasteiger partial charge in [0.2, 0.25) is 5.91 Å². The SMILES string of the molecule is Cc1ccc(C)c(NC(=O)C2C3CCC(C3)C2C(=O)O)c1. The predicted molar refractivity (Wildman–Crippen MR) is 80.0 cm³/mol. The lowest BCUT2D eigenvalue weighted by atomic mass is 9.78. The average molecular weight is 287 g/mol. The van der Waals surface area contributed by atoms with Gasteiger partial charge in [-0.15, -0.1) is 0 Å². The number of carbonyl (C=O) groups is 2. The van der Waals surface area contributed by atoms with Crippen LogP contribution in [0.15, 0.2) is 18.2 Å². The fourth-order valence-electron chi connectivity index (χ4n) is 4.11. The van der Waals surface area contributed by atoms with E-state index in [2.05, 4.69) is 5.32 Å². The zero-order chi connectivity index (χ0) is 15.1.